The van der Waals surface area contributed by atoms with Crippen molar-refractivity contribution in [1.29, 1.82) is 0 Å². The minimum absolute atomic E-state index is 0.00671. The second-order valence-corrected chi connectivity index (χ2v) is 8.48. The number of hydrogen-bond donors (Lipinski definition) is 0. The van der Waals surface area contributed by atoms with Crippen molar-refractivity contribution < 1.29 is 13.2 Å². The van der Waals surface area contributed by atoms with Crippen molar-refractivity contribution in [3.05, 3.63) is 65.5 Å². The van der Waals surface area contributed by atoms with Gasteiger partial charge in [0, 0.05) is 11.9 Å². The standard InChI is InChI=1S/C17H14N2O3S2/c1-18-13-5-7-14(8-6-13)19-16(20)11-23-17(19)12-3-9-15(10-4-12)24(2,21)22/h3-10,17H,11H2,2H3. The maximum Gasteiger partial charge on any atom is 0.238 e. The number of hydrogen-bond acceptors (Lipinski definition) is 4. The Hall–Kier alpha value is -2.30. The first-order valence-corrected chi connectivity index (χ1v) is 10.1. The van der Waals surface area contributed by atoms with Gasteiger partial charge in [-0.2, -0.15) is 0 Å². The zero-order chi connectivity index (χ0) is 17.3. The minimum atomic E-state index is -3.24. The molecule has 0 bridgehead atoms. The van der Waals surface area contributed by atoms with Crippen molar-refractivity contribution in [2.45, 2.75) is 10.3 Å². The van der Waals surface area contributed by atoms with E-state index in [4.69, 9.17) is 6.57 Å². The molecule has 5 nitrogen and oxygen atoms in total. The Labute approximate surface area is 145 Å². The molecule has 2 aromatic rings. The van der Waals surface area contributed by atoms with E-state index in [1.54, 1.807) is 53.4 Å². The summed E-state index contributed by atoms with van der Waals surface area (Å²) in [7, 11) is -3.24. The Bertz CT molecular complexity index is 914. The van der Waals surface area contributed by atoms with Crippen molar-refractivity contribution in [3.8, 4) is 0 Å². The molecule has 3 rings (SSSR count). The molecule has 1 aliphatic heterocycles. The summed E-state index contributed by atoms with van der Waals surface area (Å²) in [6, 6.07) is 13.5. The smallest absolute Gasteiger partial charge is 0.238 e. The molecule has 1 atom stereocenters. The largest absolute Gasteiger partial charge is 0.295 e. The van der Waals surface area contributed by atoms with Gasteiger partial charge in [0.15, 0.2) is 15.5 Å². The third-order valence-corrected chi connectivity index (χ3v) is 6.06. The zero-order valence-corrected chi connectivity index (χ0v) is 14.5. The van der Waals surface area contributed by atoms with Crippen LogP contribution in [0.3, 0.4) is 0 Å². The van der Waals surface area contributed by atoms with Gasteiger partial charge in [-0.3, -0.25) is 9.69 Å². The molecule has 122 valence electrons. The molecule has 1 unspecified atom stereocenters. The van der Waals surface area contributed by atoms with Crippen LogP contribution in [0.4, 0.5) is 11.4 Å². The van der Waals surface area contributed by atoms with E-state index < -0.39 is 9.84 Å². The quantitative estimate of drug-likeness (QED) is 0.789. The summed E-state index contributed by atoms with van der Waals surface area (Å²) in [6.45, 7) is 7.00. The van der Waals surface area contributed by atoms with Gasteiger partial charge in [0.2, 0.25) is 5.91 Å². The van der Waals surface area contributed by atoms with Gasteiger partial charge in [0.05, 0.1) is 17.2 Å². The predicted octanol–water partition coefficient (Wildman–Crippen LogP) is 3.42. The third-order valence-electron chi connectivity index (χ3n) is 3.72. The lowest BCUT2D eigenvalue weighted by Crippen LogP contribution is -2.27. The van der Waals surface area contributed by atoms with E-state index in [1.165, 1.54) is 18.0 Å². The Kier molecular flexibility index (Phi) is 4.35. The summed E-state index contributed by atoms with van der Waals surface area (Å²) in [4.78, 5) is 17.6. The fourth-order valence-electron chi connectivity index (χ4n) is 2.52. The molecule has 2 aromatic carbocycles. The fraction of sp³-hybridized carbons (Fsp3) is 0.176. The van der Waals surface area contributed by atoms with E-state index in [-0.39, 0.29) is 16.2 Å². The summed E-state index contributed by atoms with van der Waals surface area (Å²) in [5.41, 5.74) is 2.12. The number of benzene rings is 2. The lowest BCUT2D eigenvalue weighted by Gasteiger charge is -2.24. The summed E-state index contributed by atoms with van der Waals surface area (Å²) < 4.78 is 23.1. The molecule has 0 saturated carbocycles. The maximum atomic E-state index is 12.3. The lowest BCUT2D eigenvalue weighted by molar-refractivity contribution is -0.115. The molecule has 1 heterocycles. The molecule has 0 radical (unpaired) electrons. The molecule has 1 saturated heterocycles. The van der Waals surface area contributed by atoms with E-state index in [0.717, 1.165) is 11.3 Å². The zero-order valence-electron chi connectivity index (χ0n) is 12.8. The van der Waals surface area contributed by atoms with Crippen molar-refractivity contribution in [2.24, 2.45) is 0 Å². The second kappa shape index (κ2) is 6.30. The van der Waals surface area contributed by atoms with Crippen molar-refractivity contribution >= 4 is 38.9 Å². The fourth-order valence-corrected chi connectivity index (χ4v) is 4.33. The van der Waals surface area contributed by atoms with Gasteiger partial charge in [-0.05, 0) is 29.8 Å². The van der Waals surface area contributed by atoms with E-state index in [0.29, 0.717) is 11.4 Å². The first-order chi connectivity index (χ1) is 11.4. The Morgan fingerprint density at radius 2 is 1.75 bits per heavy atom. The molecule has 7 heteroatoms. The van der Waals surface area contributed by atoms with Gasteiger partial charge >= 0.3 is 0 Å². The van der Waals surface area contributed by atoms with Crippen LogP contribution < -0.4 is 4.90 Å². The molecule has 1 aliphatic rings. The Balaban J connectivity index is 1.94. The molecule has 0 aliphatic carbocycles. The van der Waals surface area contributed by atoms with Crippen molar-refractivity contribution in [2.75, 3.05) is 16.9 Å². The summed E-state index contributed by atoms with van der Waals surface area (Å²) in [5, 5.41) is -0.204. The number of anilines is 1. The molecule has 0 aromatic heterocycles. The molecular formula is C17H14N2O3S2. The van der Waals surface area contributed by atoms with Gasteiger partial charge in [0.25, 0.3) is 0 Å². The summed E-state index contributed by atoms with van der Waals surface area (Å²) in [6.07, 6.45) is 1.17. The second-order valence-electron chi connectivity index (χ2n) is 5.40. The first-order valence-electron chi connectivity index (χ1n) is 7.11. The van der Waals surface area contributed by atoms with Crippen LogP contribution in [0, 0.1) is 6.57 Å². The van der Waals surface area contributed by atoms with Gasteiger partial charge in [0.1, 0.15) is 5.37 Å². The monoisotopic (exact) mass is 358 g/mol. The molecule has 24 heavy (non-hydrogen) atoms. The van der Waals surface area contributed by atoms with Gasteiger partial charge < -0.3 is 0 Å². The van der Waals surface area contributed by atoms with E-state index >= 15 is 0 Å². The third kappa shape index (κ3) is 3.16. The molecule has 1 fully saturated rings. The Morgan fingerprint density at radius 3 is 2.29 bits per heavy atom. The summed E-state index contributed by atoms with van der Waals surface area (Å²) in [5.74, 6) is 0.357. The molecular weight excluding hydrogens is 344 g/mol. The summed E-state index contributed by atoms with van der Waals surface area (Å²) >= 11 is 1.50. The van der Waals surface area contributed by atoms with E-state index in [9.17, 15) is 13.2 Å². The number of rotatable bonds is 3. The highest BCUT2D eigenvalue weighted by Crippen LogP contribution is 2.42. The normalized spacial score (nSPS) is 17.8. The van der Waals surface area contributed by atoms with Crippen molar-refractivity contribution in [3.63, 3.8) is 0 Å². The number of amides is 1. The highest BCUT2D eigenvalue weighted by Gasteiger charge is 2.34. The molecule has 0 spiro atoms. The predicted molar refractivity (Wildman–Crippen MR) is 94.9 cm³/mol. The number of thioether (sulfide) groups is 1. The van der Waals surface area contributed by atoms with Gasteiger partial charge in [-0.25, -0.2) is 13.3 Å². The highest BCUT2D eigenvalue weighted by molar-refractivity contribution is 8.00. The van der Waals surface area contributed by atoms with Crippen LogP contribution in [0.2, 0.25) is 0 Å². The maximum absolute atomic E-state index is 12.3. The van der Waals surface area contributed by atoms with Crippen LogP contribution >= 0.6 is 11.8 Å². The number of nitrogens with zero attached hydrogens (tertiary/aromatic N) is 2. The first kappa shape index (κ1) is 16.6. The van der Waals surface area contributed by atoms with E-state index in [2.05, 4.69) is 4.85 Å². The molecule has 0 N–H and O–H groups in total. The van der Waals surface area contributed by atoms with Crippen LogP contribution in [0.5, 0.6) is 0 Å². The SMILES string of the molecule is [C-]#[N+]c1ccc(N2C(=O)CSC2c2ccc(S(C)(=O)=O)cc2)cc1. The van der Waals surface area contributed by atoms with Crippen LogP contribution in [0.15, 0.2) is 53.4 Å². The highest BCUT2D eigenvalue weighted by atomic mass is 32.2. The Morgan fingerprint density at radius 1 is 1.12 bits per heavy atom. The van der Waals surface area contributed by atoms with Gasteiger partial charge in [-0.1, -0.05) is 24.3 Å². The average molecular weight is 358 g/mol. The average Bonchev–Trinajstić information content (AvgIpc) is 2.96. The number of carbonyl (C=O) groups is 1. The van der Waals surface area contributed by atoms with Gasteiger partial charge in [-0.15, -0.1) is 11.8 Å². The molecule has 1 amide bonds. The number of sulfone groups is 1. The number of carbonyl (C=O) groups excluding carboxylic acids is 1. The van der Waals surface area contributed by atoms with Crippen LogP contribution in [-0.2, 0) is 14.6 Å². The van der Waals surface area contributed by atoms with Crippen LogP contribution in [0.1, 0.15) is 10.9 Å². The minimum Gasteiger partial charge on any atom is -0.295 e. The van der Waals surface area contributed by atoms with E-state index in [1.807, 2.05) is 0 Å². The van der Waals surface area contributed by atoms with Crippen LogP contribution in [0.25, 0.3) is 4.85 Å². The lowest BCUT2D eigenvalue weighted by atomic mass is 10.2. The topological polar surface area (TPSA) is 58.8 Å². The van der Waals surface area contributed by atoms with Crippen molar-refractivity contribution in [1.82, 2.24) is 0 Å². The van der Waals surface area contributed by atoms with Crippen LogP contribution in [-0.4, -0.2) is 26.3 Å².